The number of carbonyl (C=O) groups is 3. The number of aromatic carboxylic acids is 1. The van der Waals surface area contributed by atoms with Crippen molar-refractivity contribution in [3.05, 3.63) is 29.8 Å². The Morgan fingerprint density at radius 1 is 1.14 bits per heavy atom. The largest absolute Gasteiger partial charge is 0.481 e. The SMILES string of the molecule is CCCCC(=O)N(CC(C)C(=O)O)c1ccc(C(=O)O)cc1. The number of carboxylic acid groups (broad SMARTS) is 2. The maximum Gasteiger partial charge on any atom is 0.335 e. The van der Waals surface area contributed by atoms with Crippen LogP contribution in [0.3, 0.4) is 0 Å². The molecule has 0 aromatic heterocycles. The lowest BCUT2D eigenvalue weighted by Crippen LogP contribution is -2.37. The van der Waals surface area contributed by atoms with Crippen molar-refractivity contribution in [3.63, 3.8) is 0 Å². The highest BCUT2D eigenvalue weighted by atomic mass is 16.4. The second kappa shape index (κ2) is 8.17. The zero-order chi connectivity index (χ0) is 16.7. The van der Waals surface area contributed by atoms with Gasteiger partial charge >= 0.3 is 11.9 Å². The van der Waals surface area contributed by atoms with Crippen LogP contribution in [0.5, 0.6) is 0 Å². The summed E-state index contributed by atoms with van der Waals surface area (Å²) in [6.45, 7) is 3.57. The van der Waals surface area contributed by atoms with Crippen LogP contribution in [0.4, 0.5) is 5.69 Å². The maximum absolute atomic E-state index is 12.3. The lowest BCUT2D eigenvalue weighted by Gasteiger charge is -2.25. The number of amides is 1. The minimum absolute atomic E-state index is 0.0598. The number of hydrogen-bond donors (Lipinski definition) is 2. The molecule has 0 bridgehead atoms. The molecule has 6 heteroatoms. The Morgan fingerprint density at radius 3 is 2.18 bits per heavy atom. The summed E-state index contributed by atoms with van der Waals surface area (Å²) in [5, 5.41) is 17.9. The van der Waals surface area contributed by atoms with Gasteiger partial charge in [0.2, 0.25) is 5.91 Å². The number of unbranched alkanes of at least 4 members (excludes halogenated alkanes) is 1. The van der Waals surface area contributed by atoms with E-state index in [1.807, 2.05) is 6.92 Å². The van der Waals surface area contributed by atoms with E-state index in [0.29, 0.717) is 12.1 Å². The predicted octanol–water partition coefficient (Wildman–Crippen LogP) is 2.63. The van der Waals surface area contributed by atoms with Crippen LogP contribution < -0.4 is 4.90 Å². The Hall–Kier alpha value is -2.37. The van der Waals surface area contributed by atoms with Gasteiger partial charge in [0.15, 0.2) is 0 Å². The van der Waals surface area contributed by atoms with Gasteiger partial charge in [0.05, 0.1) is 11.5 Å². The third kappa shape index (κ3) is 4.87. The van der Waals surface area contributed by atoms with Crippen molar-refractivity contribution in [1.29, 1.82) is 0 Å². The number of rotatable bonds is 8. The van der Waals surface area contributed by atoms with Crippen molar-refractivity contribution in [1.82, 2.24) is 0 Å². The smallest absolute Gasteiger partial charge is 0.335 e. The van der Waals surface area contributed by atoms with Gasteiger partial charge < -0.3 is 15.1 Å². The normalized spacial score (nSPS) is 11.7. The Labute approximate surface area is 129 Å². The van der Waals surface area contributed by atoms with E-state index in [1.54, 1.807) is 0 Å². The van der Waals surface area contributed by atoms with Crippen molar-refractivity contribution in [2.24, 2.45) is 5.92 Å². The van der Waals surface area contributed by atoms with Crippen LogP contribution in [0, 0.1) is 5.92 Å². The standard InChI is InChI=1S/C16H21NO5/c1-3-4-5-14(18)17(10-11(2)15(19)20)13-8-6-12(7-9-13)16(21)22/h6-9,11H,3-5,10H2,1-2H3,(H,19,20)(H,21,22). The molecule has 0 radical (unpaired) electrons. The molecule has 1 aromatic rings. The fourth-order valence-electron chi connectivity index (χ4n) is 1.95. The second-order valence-corrected chi connectivity index (χ2v) is 5.20. The first kappa shape index (κ1) is 17.7. The topological polar surface area (TPSA) is 94.9 Å². The fraction of sp³-hybridized carbons (Fsp3) is 0.438. The summed E-state index contributed by atoms with van der Waals surface area (Å²) in [6, 6.07) is 5.87. The highest BCUT2D eigenvalue weighted by molar-refractivity contribution is 5.95. The zero-order valence-electron chi connectivity index (χ0n) is 12.8. The summed E-state index contributed by atoms with van der Waals surface area (Å²) in [4.78, 5) is 35.6. The minimum atomic E-state index is -1.05. The first-order valence-corrected chi connectivity index (χ1v) is 7.23. The molecule has 2 N–H and O–H groups in total. The summed E-state index contributed by atoms with van der Waals surface area (Å²) in [6.07, 6.45) is 1.93. The van der Waals surface area contributed by atoms with Crippen LogP contribution in [0.25, 0.3) is 0 Å². The van der Waals surface area contributed by atoms with E-state index < -0.39 is 17.9 Å². The monoisotopic (exact) mass is 307 g/mol. The highest BCUT2D eigenvalue weighted by Gasteiger charge is 2.21. The van der Waals surface area contributed by atoms with E-state index in [-0.39, 0.29) is 18.0 Å². The molecule has 6 nitrogen and oxygen atoms in total. The summed E-state index contributed by atoms with van der Waals surface area (Å²) >= 11 is 0. The number of anilines is 1. The molecular weight excluding hydrogens is 286 g/mol. The lowest BCUT2D eigenvalue weighted by molar-refractivity contribution is -0.140. The van der Waals surface area contributed by atoms with E-state index in [9.17, 15) is 14.4 Å². The molecule has 0 spiro atoms. The molecule has 1 unspecified atom stereocenters. The fourth-order valence-corrected chi connectivity index (χ4v) is 1.95. The summed E-state index contributed by atoms with van der Waals surface area (Å²) in [5.41, 5.74) is 0.634. The molecule has 120 valence electrons. The average Bonchev–Trinajstić information content (AvgIpc) is 2.49. The Balaban J connectivity index is 2.99. The first-order chi connectivity index (χ1) is 10.4. The van der Waals surface area contributed by atoms with Gasteiger partial charge in [0, 0.05) is 18.7 Å². The van der Waals surface area contributed by atoms with E-state index in [1.165, 1.54) is 36.1 Å². The van der Waals surface area contributed by atoms with Crippen LogP contribution in [0.1, 0.15) is 43.5 Å². The third-order valence-corrected chi connectivity index (χ3v) is 3.35. The molecule has 1 atom stereocenters. The number of benzene rings is 1. The summed E-state index contributed by atoms with van der Waals surface area (Å²) in [7, 11) is 0. The third-order valence-electron chi connectivity index (χ3n) is 3.35. The van der Waals surface area contributed by atoms with E-state index in [2.05, 4.69) is 0 Å². The van der Waals surface area contributed by atoms with Crippen molar-refractivity contribution in [2.45, 2.75) is 33.1 Å². The van der Waals surface area contributed by atoms with Crippen molar-refractivity contribution in [3.8, 4) is 0 Å². The number of hydrogen-bond acceptors (Lipinski definition) is 3. The Morgan fingerprint density at radius 2 is 1.73 bits per heavy atom. The highest BCUT2D eigenvalue weighted by Crippen LogP contribution is 2.19. The van der Waals surface area contributed by atoms with Gasteiger partial charge in [-0.15, -0.1) is 0 Å². The molecule has 1 rings (SSSR count). The van der Waals surface area contributed by atoms with Gasteiger partial charge in [-0.05, 0) is 30.7 Å². The van der Waals surface area contributed by atoms with Gasteiger partial charge in [0.25, 0.3) is 0 Å². The summed E-state index contributed by atoms with van der Waals surface area (Å²) < 4.78 is 0. The molecule has 0 aliphatic carbocycles. The first-order valence-electron chi connectivity index (χ1n) is 7.23. The van der Waals surface area contributed by atoms with E-state index in [0.717, 1.165) is 12.8 Å². The van der Waals surface area contributed by atoms with Crippen LogP contribution in [0.2, 0.25) is 0 Å². The zero-order valence-corrected chi connectivity index (χ0v) is 12.8. The summed E-state index contributed by atoms with van der Waals surface area (Å²) in [5.74, 6) is -2.88. The van der Waals surface area contributed by atoms with Crippen LogP contribution in [-0.4, -0.2) is 34.6 Å². The van der Waals surface area contributed by atoms with E-state index >= 15 is 0 Å². The quantitative estimate of drug-likeness (QED) is 0.769. The minimum Gasteiger partial charge on any atom is -0.481 e. The van der Waals surface area contributed by atoms with Gasteiger partial charge in [-0.3, -0.25) is 9.59 Å². The van der Waals surface area contributed by atoms with Gasteiger partial charge in [0.1, 0.15) is 0 Å². The van der Waals surface area contributed by atoms with Crippen LogP contribution in [-0.2, 0) is 9.59 Å². The molecule has 0 heterocycles. The lowest BCUT2D eigenvalue weighted by atomic mass is 10.1. The number of nitrogens with zero attached hydrogens (tertiary/aromatic N) is 1. The molecule has 0 saturated carbocycles. The van der Waals surface area contributed by atoms with E-state index in [4.69, 9.17) is 10.2 Å². The Kier molecular flexibility index (Phi) is 6.56. The Bertz CT molecular complexity index is 538. The molecule has 0 fully saturated rings. The van der Waals surface area contributed by atoms with Gasteiger partial charge in [-0.2, -0.15) is 0 Å². The average molecular weight is 307 g/mol. The second-order valence-electron chi connectivity index (χ2n) is 5.20. The molecule has 0 saturated heterocycles. The molecule has 0 aliphatic heterocycles. The van der Waals surface area contributed by atoms with Crippen molar-refractivity contribution < 1.29 is 24.6 Å². The van der Waals surface area contributed by atoms with Gasteiger partial charge in [-0.1, -0.05) is 20.3 Å². The molecular formula is C16H21NO5. The number of aliphatic carboxylic acids is 1. The molecule has 1 amide bonds. The van der Waals surface area contributed by atoms with Crippen molar-refractivity contribution in [2.75, 3.05) is 11.4 Å². The molecule has 0 aliphatic rings. The maximum atomic E-state index is 12.3. The molecule has 22 heavy (non-hydrogen) atoms. The van der Waals surface area contributed by atoms with Gasteiger partial charge in [-0.25, -0.2) is 4.79 Å². The molecule has 1 aromatic carbocycles. The number of carboxylic acids is 2. The predicted molar refractivity (Wildman–Crippen MR) is 82.1 cm³/mol. The van der Waals surface area contributed by atoms with Crippen molar-refractivity contribution >= 4 is 23.5 Å². The number of carbonyl (C=O) groups excluding carboxylic acids is 1. The van der Waals surface area contributed by atoms with Crippen LogP contribution >= 0.6 is 0 Å². The van der Waals surface area contributed by atoms with Crippen LogP contribution in [0.15, 0.2) is 24.3 Å².